The van der Waals surface area contributed by atoms with E-state index < -0.39 is 23.3 Å². The number of phenols is 1. The summed E-state index contributed by atoms with van der Waals surface area (Å²) >= 11 is 0. The number of alkyl halides is 1. The van der Waals surface area contributed by atoms with E-state index in [9.17, 15) is 18.7 Å². The molecule has 2 aliphatic rings. The number of carbonyl (C=O) groups excluding carboxylic acids is 1. The minimum Gasteiger partial charge on any atom is -0.508 e. The molecule has 0 radical (unpaired) electrons. The van der Waals surface area contributed by atoms with Gasteiger partial charge in [-0.2, -0.15) is 9.97 Å². The van der Waals surface area contributed by atoms with Crippen molar-refractivity contribution in [3.8, 4) is 23.0 Å². The average molecular weight is 638 g/mol. The molecule has 0 aliphatic carbocycles. The van der Waals surface area contributed by atoms with Crippen LogP contribution in [0.1, 0.15) is 51.5 Å². The van der Waals surface area contributed by atoms with Gasteiger partial charge in [0.05, 0.1) is 18.0 Å². The lowest BCUT2D eigenvalue weighted by Gasteiger charge is -2.31. The van der Waals surface area contributed by atoms with E-state index in [0.717, 1.165) is 19.4 Å². The number of fused-ring (bicyclic) bond motifs is 3. The second-order valence-corrected chi connectivity index (χ2v) is 12.1. The first-order valence-corrected chi connectivity index (χ1v) is 15.8. The molecule has 2 fully saturated rings. The highest BCUT2D eigenvalue weighted by Crippen LogP contribution is 2.42. The van der Waals surface area contributed by atoms with Crippen molar-refractivity contribution >= 4 is 33.5 Å². The highest BCUT2D eigenvalue weighted by atomic mass is 19.1. The largest absolute Gasteiger partial charge is 0.508 e. The number of rotatable bonds is 11. The first-order valence-electron chi connectivity index (χ1n) is 15.8. The van der Waals surface area contributed by atoms with Crippen LogP contribution in [0.25, 0.3) is 32.9 Å². The molecule has 0 unspecified atom stereocenters. The van der Waals surface area contributed by atoms with Crippen molar-refractivity contribution in [3.63, 3.8) is 0 Å². The topological polar surface area (TPSA) is 101 Å². The maximum Gasteiger partial charge on any atom is 0.319 e. The fraction of sp³-hybridized carbons (Fsp3) is 0.471. The normalized spacial score (nSPS) is 19.6. The summed E-state index contributed by atoms with van der Waals surface area (Å²) in [7, 11) is 1.33. The van der Waals surface area contributed by atoms with Gasteiger partial charge in [-0.05, 0) is 73.7 Å². The van der Waals surface area contributed by atoms with Gasteiger partial charge in [0.2, 0.25) is 0 Å². The van der Waals surface area contributed by atoms with Gasteiger partial charge in [0.15, 0.2) is 5.82 Å². The number of nitrogens with zero attached hydrogens (tertiary/aromatic N) is 5. The Bertz CT molecular complexity index is 1790. The van der Waals surface area contributed by atoms with Crippen LogP contribution in [-0.2, 0) is 16.0 Å². The van der Waals surface area contributed by atoms with Crippen molar-refractivity contribution in [2.45, 2.75) is 64.1 Å². The monoisotopic (exact) mass is 637 g/mol. The highest BCUT2D eigenvalue weighted by molar-refractivity contribution is 6.01. The molecule has 2 aliphatic heterocycles. The Balaban J connectivity index is 1.48. The van der Waals surface area contributed by atoms with Crippen LogP contribution in [0.3, 0.4) is 0 Å². The predicted molar refractivity (Wildman–Crippen MR) is 169 cm³/mol. The molecule has 0 amide bonds. The molecular formula is C34H38F3N5O4. The molecule has 2 aromatic heterocycles. The number of hydrogen-bond acceptors (Lipinski definition) is 9. The van der Waals surface area contributed by atoms with E-state index >= 15 is 4.39 Å². The number of aromatic hydroxyl groups is 1. The molecule has 9 nitrogen and oxygen atoms in total. The summed E-state index contributed by atoms with van der Waals surface area (Å²) in [5, 5.41) is 11.9. The molecule has 0 saturated carbocycles. The Hall–Kier alpha value is -4.19. The smallest absolute Gasteiger partial charge is 0.319 e. The molecule has 0 bridgehead atoms. The van der Waals surface area contributed by atoms with E-state index in [1.807, 2.05) is 18.7 Å². The number of methoxy groups -OCH3 is 1. The lowest BCUT2D eigenvalue weighted by Crippen LogP contribution is -2.43. The van der Waals surface area contributed by atoms with Crippen LogP contribution in [0.15, 0.2) is 30.5 Å². The zero-order valence-electron chi connectivity index (χ0n) is 26.3. The number of ether oxygens (including phenoxy) is 2. The highest BCUT2D eigenvalue weighted by Gasteiger charge is 2.49. The molecular weight excluding hydrogens is 599 g/mol. The number of pyridine rings is 1. The van der Waals surface area contributed by atoms with E-state index in [2.05, 4.69) is 14.9 Å². The van der Waals surface area contributed by atoms with Gasteiger partial charge in [-0.1, -0.05) is 13.0 Å². The summed E-state index contributed by atoms with van der Waals surface area (Å²) in [6.07, 6.45) is 3.60. The number of anilines is 1. The van der Waals surface area contributed by atoms with E-state index in [-0.39, 0.29) is 47.5 Å². The first-order chi connectivity index (χ1) is 22.2. The molecule has 0 spiro atoms. The van der Waals surface area contributed by atoms with Crippen molar-refractivity contribution in [1.29, 1.82) is 0 Å². The van der Waals surface area contributed by atoms with Crippen molar-refractivity contribution in [2.75, 3.05) is 44.8 Å². The van der Waals surface area contributed by atoms with Crippen LogP contribution in [-0.4, -0.2) is 82.5 Å². The van der Waals surface area contributed by atoms with Gasteiger partial charge in [-0.3, -0.25) is 14.7 Å². The number of carbonyl (C=O) groups is 1. The third-order valence-electron chi connectivity index (χ3n) is 9.35. The van der Waals surface area contributed by atoms with Crippen LogP contribution in [0, 0.1) is 11.6 Å². The SMILES string of the molecule is CCc1c(F)ccc2cc(O)cc(-c3ncc4c(N(CC)CCCC(=O)OC)nc(OC[C@@]56CCCN5C[C@H](F)C6)nc4c3F)c12. The lowest BCUT2D eigenvalue weighted by atomic mass is 9.94. The number of aryl methyl sites for hydroxylation is 1. The summed E-state index contributed by atoms with van der Waals surface area (Å²) in [4.78, 5) is 29.5. The fourth-order valence-corrected chi connectivity index (χ4v) is 7.13. The number of esters is 1. The second-order valence-electron chi connectivity index (χ2n) is 12.1. The van der Waals surface area contributed by atoms with Gasteiger partial charge in [0.25, 0.3) is 0 Å². The fourth-order valence-electron chi connectivity index (χ4n) is 7.13. The van der Waals surface area contributed by atoms with E-state index in [1.54, 1.807) is 6.07 Å². The number of phenolic OH excluding ortho intramolecular Hbond substituents is 1. The Morgan fingerprint density at radius 1 is 1.22 bits per heavy atom. The van der Waals surface area contributed by atoms with Crippen molar-refractivity contribution < 1.29 is 32.5 Å². The number of hydrogen-bond donors (Lipinski definition) is 1. The average Bonchev–Trinajstić information content (AvgIpc) is 3.57. The number of aromatic nitrogens is 3. The van der Waals surface area contributed by atoms with Gasteiger partial charge in [-0.25, -0.2) is 13.2 Å². The molecule has 4 aromatic rings. The van der Waals surface area contributed by atoms with Gasteiger partial charge >= 0.3 is 12.0 Å². The van der Waals surface area contributed by atoms with Crippen molar-refractivity contribution in [2.24, 2.45) is 0 Å². The summed E-state index contributed by atoms with van der Waals surface area (Å²) in [6.45, 7) is 5.92. The minimum atomic E-state index is -0.941. The van der Waals surface area contributed by atoms with Crippen LogP contribution in [0.4, 0.5) is 19.0 Å². The quantitative estimate of drug-likeness (QED) is 0.195. The predicted octanol–water partition coefficient (Wildman–Crippen LogP) is 6.13. The zero-order valence-corrected chi connectivity index (χ0v) is 26.3. The van der Waals surface area contributed by atoms with E-state index in [0.29, 0.717) is 66.4 Å². The third-order valence-corrected chi connectivity index (χ3v) is 9.35. The Morgan fingerprint density at radius 2 is 2.04 bits per heavy atom. The van der Waals surface area contributed by atoms with E-state index in [4.69, 9.17) is 14.5 Å². The summed E-state index contributed by atoms with van der Waals surface area (Å²) in [5.41, 5.74) is -0.00905. The van der Waals surface area contributed by atoms with Crippen LogP contribution >= 0.6 is 0 Å². The summed E-state index contributed by atoms with van der Waals surface area (Å²) < 4.78 is 57.1. The Morgan fingerprint density at radius 3 is 2.80 bits per heavy atom. The second kappa shape index (κ2) is 12.9. The van der Waals surface area contributed by atoms with Gasteiger partial charge in [0, 0.05) is 44.2 Å². The van der Waals surface area contributed by atoms with Crippen LogP contribution in [0.2, 0.25) is 0 Å². The summed E-state index contributed by atoms with van der Waals surface area (Å²) in [5.74, 6) is -1.29. The molecule has 1 N–H and O–H groups in total. The minimum absolute atomic E-state index is 0.0575. The lowest BCUT2D eigenvalue weighted by molar-refractivity contribution is -0.140. The summed E-state index contributed by atoms with van der Waals surface area (Å²) in [6, 6.07) is 5.70. The zero-order chi connectivity index (χ0) is 32.6. The number of halogens is 3. The third kappa shape index (κ3) is 5.78. The number of benzene rings is 2. The Kier molecular flexibility index (Phi) is 8.91. The van der Waals surface area contributed by atoms with Crippen LogP contribution in [0.5, 0.6) is 11.8 Å². The first kappa shape index (κ1) is 31.8. The van der Waals surface area contributed by atoms with Gasteiger partial charge in [0.1, 0.15) is 41.4 Å². The molecule has 6 rings (SSSR count). The van der Waals surface area contributed by atoms with Gasteiger partial charge < -0.3 is 19.5 Å². The van der Waals surface area contributed by atoms with Crippen LogP contribution < -0.4 is 9.64 Å². The maximum absolute atomic E-state index is 16.8. The van der Waals surface area contributed by atoms with E-state index in [1.165, 1.54) is 31.5 Å². The molecule has 244 valence electrons. The maximum atomic E-state index is 16.8. The van der Waals surface area contributed by atoms with Crippen molar-refractivity contribution in [1.82, 2.24) is 19.9 Å². The Labute approximate surface area is 265 Å². The molecule has 2 saturated heterocycles. The molecule has 2 aromatic carbocycles. The molecule has 12 heteroatoms. The van der Waals surface area contributed by atoms with Gasteiger partial charge in [-0.15, -0.1) is 0 Å². The standard InChI is InChI=1S/C34H38F3N5O4/c1-4-23-26(36)10-9-20-14-22(43)15-24(28(20)23)30-29(37)31-25(17-38-30)32(41(5-2)12-6-8-27(44)45-3)40-33(39-31)46-19-34-11-7-13-42(34)18-21(35)16-34/h9-10,14-15,17,21,43H,4-8,11-13,16,18-19H2,1-3H3/t21-,34+/m1/s1. The molecule has 46 heavy (non-hydrogen) atoms. The van der Waals surface area contributed by atoms with Crippen molar-refractivity contribution in [3.05, 3.63) is 47.7 Å². The molecule has 4 heterocycles. The molecule has 2 atom stereocenters.